The van der Waals surface area contributed by atoms with Gasteiger partial charge < -0.3 is 4.43 Å². The Hall–Kier alpha value is -0.153. The third-order valence-corrected chi connectivity index (χ3v) is 6.83. The number of hydrogen-bond acceptors (Lipinski definition) is 2. The largest absolute Gasteiger partial charge is 0.414 e. The van der Waals surface area contributed by atoms with Crippen molar-refractivity contribution >= 4 is 14.1 Å². The van der Waals surface area contributed by atoms with E-state index in [0.29, 0.717) is 12.2 Å². The minimum atomic E-state index is -1.89. The number of hydrogen-bond donors (Lipinski definition) is 0. The third kappa shape index (κ3) is 6.69. The highest BCUT2D eigenvalue weighted by Gasteiger charge is 2.38. The van der Waals surface area contributed by atoms with Gasteiger partial charge in [-0.05, 0) is 33.4 Å². The minimum Gasteiger partial charge on any atom is -0.414 e. The Kier molecular flexibility index (Phi) is 8.79. The number of carbonyl (C=O) groups is 1. The Morgan fingerprint density at radius 2 is 1.72 bits per heavy atom. The molecule has 0 aromatic heterocycles. The molecular formula is C15H32O2Si. The van der Waals surface area contributed by atoms with Gasteiger partial charge in [0.05, 0.1) is 0 Å². The van der Waals surface area contributed by atoms with Gasteiger partial charge >= 0.3 is 0 Å². The maximum Gasteiger partial charge on any atom is 0.197 e. The van der Waals surface area contributed by atoms with Crippen LogP contribution in [0.5, 0.6) is 0 Å². The maximum atomic E-state index is 12.2. The predicted molar refractivity (Wildman–Crippen MR) is 81.5 cm³/mol. The first-order valence-corrected chi connectivity index (χ1v) is 10.5. The van der Waals surface area contributed by atoms with Crippen molar-refractivity contribution in [3.63, 3.8) is 0 Å². The minimum absolute atomic E-state index is 0.182. The zero-order valence-corrected chi connectivity index (χ0v) is 14.2. The predicted octanol–water partition coefficient (Wildman–Crippen LogP) is 4.94. The number of ketones is 1. The Morgan fingerprint density at radius 1 is 1.11 bits per heavy atom. The van der Waals surface area contributed by atoms with Gasteiger partial charge in [0.25, 0.3) is 0 Å². The molecule has 3 heteroatoms. The van der Waals surface area contributed by atoms with Crippen LogP contribution in [-0.4, -0.2) is 20.2 Å². The van der Waals surface area contributed by atoms with E-state index in [1.807, 2.05) is 6.92 Å². The molecular weight excluding hydrogens is 240 g/mol. The molecule has 0 fully saturated rings. The van der Waals surface area contributed by atoms with Crippen molar-refractivity contribution < 1.29 is 9.22 Å². The molecule has 0 saturated heterocycles. The molecule has 0 aliphatic heterocycles. The fourth-order valence-electron chi connectivity index (χ4n) is 2.61. The lowest BCUT2D eigenvalue weighted by atomic mass is 10.1. The van der Waals surface area contributed by atoms with Crippen LogP contribution < -0.4 is 0 Å². The second-order valence-corrected chi connectivity index (χ2v) is 10.1. The van der Waals surface area contributed by atoms with Gasteiger partial charge in [0.15, 0.2) is 8.32 Å². The maximum absolute atomic E-state index is 12.2. The van der Waals surface area contributed by atoms with Gasteiger partial charge in [-0.25, -0.2) is 0 Å². The number of rotatable bonds is 10. The molecule has 0 radical (unpaired) electrons. The highest BCUT2D eigenvalue weighted by Crippen LogP contribution is 2.31. The molecule has 0 rings (SSSR count). The zero-order chi connectivity index (χ0) is 14.2. The summed E-state index contributed by atoms with van der Waals surface area (Å²) in [4.78, 5) is 12.2. The molecule has 0 bridgehead atoms. The summed E-state index contributed by atoms with van der Waals surface area (Å²) in [5.41, 5.74) is 0.182. The lowest BCUT2D eigenvalue weighted by Crippen LogP contribution is -2.42. The third-order valence-electron chi connectivity index (χ3n) is 3.46. The standard InChI is InChI=1S/C15H32O2Si/c1-7-9-10-11-12-15(14(16)8-2)18(5,6)17-13(3)4/h13,15H,7-12H2,1-6H3/t15-/m0/s1. The van der Waals surface area contributed by atoms with Crippen LogP contribution >= 0.6 is 0 Å². The van der Waals surface area contributed by atoms with Crippen molar-refractivity contribution in [2.45, 2.75) is 91.0 Å². The van der Waals surface area contributed by atoms with Gasteiger partial charge in [0.2, 0.25) is 0 Å². The Bertz CT molecular complexity index is 237. The topological polar surface area (TPSA) is 26.3 Å². The Labute approximate surface area is 115 Å². The molecule has 108 valence electrons. The van der Waals surface area contributed by atoms with E-state index in [-0.39, 0.29) is 11.6 Å². The summed E-state index contributed by atoms with van der Waals surface area (Å²) < 4.78 is 6.10. The van der Waals surface area contributed by atoms with Gasteiger partial charge in [-0.15, -0.1) is 0 Å². The smallest absolute Gasteiger partial charge is 0.197 e. The van der Waals surface area contributed by atoms with Crippen molar-refractivity contribution in [2.75, 3.05) is 0 Å². The molecule has 0 heterocycles. The van der Waals surface area contributed by atoms with Crippen LogP contribution in [-0.2, 0) is 9.22 Å². The zero-order valence-electron chi connectivity index (χ0n) is 13.2. The molecule has 0 aliphatic carbocycles. The van der Waals surface area contributed by atoms with E-state index in [4.69, 9.17) is 4.43 Å². The molecule has 0 spiro atoms. The van der Waals surface area contributed by atoms with E-state index in [2.05, 4.69) is 33.9 Å². The molecule has 0 amide bonds. The average Bonchev–Trinajstić information content (AvgIpc) is 2.26. The van der Waals surface area contributed by atoms with Crippen LogP contribution in [0.4, 0.5) is 0 Å². The van der Waals surface area contributed by atoms with Crippen molar-refractivity contribution in [1.29, 1.82) is 0 Å². The fraction of sp³-hybridized carbons (Fsp3) is 0.933. The van der Waals surface area contributed by atoms with Crippen LogP contribution in [0.3, 0.4) is 0 Å². The summed E-state index contributed by atoms with van der Waals surface area (Å²) in [5, 5.41) is 0. The SMILES string of the molecule is CCCCCC[C@@H](C(=O)CC)[Si](C)(C)OC(C)C. The highest BCUT2D eigenvalue weighted by molar-refractivity contribution is 6.76. The summed E-state index contributed by atoms with van der Waals surface area (Å²) in [6.45, 7) is 12.7. The molecule has 2 nitrogen and oxygen atoms in total. The summed E-state index contributed by atoms with van der Waals surface area (Å²) >= 11 is 0. The summed E-state index contributed by atoms with van der Waals surface area (Å²) in [6, 6.07) is 0. The first-order valence-electron chi connectivity index (χ1n) is 7.55. The van der Waals surface area contributed by atoms with E-state index in [0.717, 1.165) is 6.42 Å². The first kappa shape index (κ1) is 17.8. The second kappa shape index (κ2) is 8.86. The van der Waals surface area contributed by atoms with E-state index in [1.165, 1.54) is 25.7 Å². The quantitative estimate of drug-likeness (QED) is 0.416. The van der Waals surface area contributed by atoms with Crippen molar-refractivity contribution in [2.24, 2.45) is 0 Å². The van der Waals surface area contributed by atoms with E-state index >= 15 is 0 Å². The second-order valence-electron chi connectivity index (χ2n) is 5.99. The molecule has 18 heavy (non-hydrogen) atoms. The number of Topliss-reactive ketones (excluding diaryl/α,β-unsaturated/α-hetero) is 1. The summed E-state index contributed by atoms with van der Waals surface area (Å²) in [5.74, 6) is 0.406. The van der Waals surface area contributed by atoms with Crippen LogP contribution in [0.2, 0.25) is 18.6 Å². The Morgan fingerprint density at radius 3 is 2.17 bits per heavy atom. The van der Waals surface area contributed by atoms with E-state index in [1.54, 1.807) is 0 Å². The van der Waals surface area contributed by atoms with Crippen molar-refractivity contribution in [3.05, 3.63) is 0 Å². The van der Waals surface area contributed by atoms with Gasteiger partial charge in [-0.1, -0.05) is 39.5 Å². The number of unbranched alkanes of at least 4 members (excludes halogenated alkanes) is 3. The van der Waals surface area contributed by atoms with Gasteiger partial charge in [0, 0.05) is 18.1 Å². The Balaban J connectivity index is 4.51. The van der Waals surface area contributed by atoms with Gasteiger partial charge in [0.1, 0.15) is 5.78 Å². The molecule has 0 unspecified atom stereocenters. The van der Waals surface area contributed by atoms with Gasteiger partial charge in [-0.3, -0.25) is 4.79 Å². The molecule has 0 aromatic carbocycles. The van der Waals surface area contributed by atoms with E-state index in [9.17, 15) is 4.79 Å². The molecule has 1 atom stereocenters. The van der Waals surface area contributed by atoms with Crippen LogP contribution in [0.15, 0.2) is 0 Å². The van der Waals surface area contributed by atoms with Crippen LogP contribution in [0.25, 0.3) is 0 Å². The first-order chi connectivity index (χ1) is 8.35. The van der Waals surface area contributed by atoms with Crippen molar-refractivity contribution in [1.82, 2.24) is 0 Å². The average molecular weight is 273 g/mol. The number of carbonyl (C=O) groups excluding carboxylic acids is 1. The van der Waals surface area contributed by atoms with Crippen LogP contribution in [0.1, 0.15) is 66.2 Å². The lowest BCUT2D eigenvalue weighted by molar-refractivity contribution is -0.119. The molecule has 0 aromatic rings. The normalized spacial score (nSPS) is 13.9. The monoisotopic (exact) mass is 272 g/mol. The summed E-state index contributed by atoms with van der Waals surface area (Å²) in [6.07, 6.45) is 6.85. The fourth-order valence-corrected chi connectivity index (χ4v) is 5.87. The van der Waals surface area contributed by atoms with Crippen LogP contribution in [0, 0.1) is 0 Å². The lowest BCUT2D eigenvalue weighted by Gasteiger charge is -2.33. The van der Waals surface area contributed by atoms with Gasteiger partial charge in [-0.2, -0.15) is 0 Å². The van der Waals surface area contributed by atoms with Crippen molar-refractivity contribution in [3.8, 4) is 0 Å². The summed E-state index contributed by atoms with van der Waals surface area (Å²) in [7, 11) is -1.89. The molecule has 0 saturated carbocycles. The van der Waals surface area contributed by atoms with E-state index < -0.39 is 8.32 Å². The highest BCUT2D eigenvalue weighted by atomic mass is 28.4. The molecule has 0 N–H and O–H groups in total. The molecule has 0 aliphatic rings.